The molecule has 0 unspecified atom stereocenters. The van der Waals surface area contributed by atoms with Crippen LogP contribution in [0.1, 0.15) is 64.9 Å². The molecule has 0 spiro atoms. The van der Waals surface area contributed by atoms with Gasteiger partial charge in [0.2, 0.25) is 0 Å². The maximum atomic E-state index is 3.01. The van der Waals surface area contributed by atoms with E-state index in [-0.39, 0.29) is 0 Å². The Labute approximate surface area is 145 Å². The van der Waals surface area contributed by atoms with Gasteiger partial charge in [0.25, 0.3) is 0 Å². The van der Waals surface area contributed by atoms with Crippen molar-refractivity contribution in [1.82, 2.24) is 0 Å². The van der Waals surface area contributed by atoms with Gasteiger partial charge in [-0.3, -0.25) is 0 Å². The SMILES string of the molecule is CCCCP(I)(CCCC)(CCCC)Cc1ccccc1. The summed E-state index contributed by atoms with van der Waals surface area (Å²) in [6.07, 6.45) is 14.1. The first-order valence-corrected chi connectivity index (χ1v) is 14.6. The first kappa shape index (κ1) is 19.4. The van der Waals surface area contributed by atoms with Gasteiger partial charge in [-0.05, 0) is 0 Å². The van der Waals surface area contributed by atoms with Crippen LogP contribution in [0, 0.1) is 0 Å². The molecule has 0 aliphatic carbocycles. The summed E-state index contributed by atoms with van der Waals surface area (Å²) in [6.45, 7) is 7.04. The van der Waals surface area contributed by atoms with Crippen LogP contribution in [0.5, 0.6) is 0 Å². The molecule has 1 aromatic rings. The summed E-state index contributed by atoms with van der Waals surface area (Å²) in [5, 5.41) is 0. The second kappa shape index (κ2) is 9.50. The molecule has 0 saturated carbocycles. The third-order valence-corrected chi connectivity index (χ3v) is 15.5. The van der Waals surface area contributed by atoms with Gasteiger partial charge in [-0.25, -0.2) is 0 Å². The average Bonchev–Trinajstić information content (AvgIpc) is 2.51. The van der Waals surface area contributed by atoms with Crippen molar-refractivity contribution in [3.63, 3.8) is 0 Å². The first-order chi connectivity index (χ1) is 10.1. The van der Waals surface area contributed by atoms with Gasteiger partial charge in [-0.2, -0.15) is 0 Å². The van der Waals surface area contributed by atoms with Gasteiger partial charge in [0.05, 0.1) is 0 Å². The molecule has 0 heterocycles. The third kappa shape index (κ3) is 6.57. The molecule has 0 aromatic heterocycles. The second-order valence-electron chi connectivity index (χ2n) is 6.69. The van der Waals surface area contributed by atoms with Crippen LogP contribution in [-0.2, 0) is 6.16 Å². The van der Waals surface area contributed by atoms with Gasteiger partial charge in [0.15, 0.2) is 0 Å². The van der Waals surface area contributed by atoms with Crippen LogP contribution >= 0.6 is 26.3 Å². The molecule has 0 nitrogen and oxygen atoms in total. The average molecular weight is 420 g/mol. The van der Waals surface area contributed by atoms with Crippen molar-refractivity contribution in [3.8, 4) is 0 Å². The molecule has 1 rings (SSSR count). The predicted octanol–water partition coefficient (Wildman–Crippen LogP) is 7.49. The fourth-order valence-corrected chi connectivity index (χ4v) is 13.1. The predicted molar refractivity (Wildman–Crippen MR) is 110 cm³/mol. The number of benzene rings is 1. The molecule has 21 heavy (non-hydrogen) atoms. The van der Waals surface area contributed by atoms with Crippen molar-refractivity contribution in [2.24, 2.45) is 0 Å². The van der Waals surface area contributed by atoms with Crippen molar-refractivity contribution < 1.29 is 0 Å². The minimum absolute atomic E-state index is 1.34. The van der Waals surface area contributed by atoms with Gasteiger partial charge in [-0.1, -0.05) is 0 Å². The summed E-state index contributed by atoms with van der Waals surface area (Å²) in [5.74, 6) is 0. The Morgan fingerprint density at radius 2 is 1.19 bits per heavy atom. The fraction of sp³-hybridized carbons (Fsp3) is 0.684. The van der Waals surface area contributed by atoms with Crippen molar-refractivity contribution in [2.75, 3.05) is 18.5 Å². The van der Waals surface area contributed by atoms with E-state index < -0.39 is 4.25 Å². The van der Waals surface area contributed by atoms with Crippen molar-refractivity contribution in [3.05, 3.63) is 35.9 Å². The van der Waals surface area contributed by atoms with E-state index in [9.17, 15) is 0 Å². The third-order valence-electron chi connectivity index (χ3n) is 4.63. The molecule has 0 amide bonds. The molecule has 0 N–H and O–H groups in total. The summed E-state index contributed by atoms with van der Waals surface area (Å²) in [6, 6.07) is 11.3. The van der Waals surface area contributed by atoms with Crippen LogP contribution in [0.3, 0.4) is 0 Å². The van der Waals surface area contributed by atoms with Gasteiger partial charge in [-0.15, -0.1) is 0 Å². The Hall–Kier alpha value is 0.380. The molecular weight excluding hydrogens is 386 g/mol. The summed E-state index contributed by atoms with van der Waals surface area (Å²) >= 11 is 3.01. The molecule has 0 atom stereocenters. The van der Waals surface area contributed by atoms with Gasteiger partial charge < -0.3 is 0 Å². The minimum atomic E-state index is -1.62. The molecule has 0 bridgehead atoms. The molecule has 122 valence electrons. The quantitative estimate of drug-likeness (QED) is 0.257. The van der Waals surface area contributed by atoms with E-state index in [4.69, 9.17) is 0 Å². The first-order valence-electron chi connectivity index (χ1n) is 8.82. The van der Waals surface area contributed by atoms with E-state index in [1.807, 2.05) is 0 Å². The Morgan fingerprint density at radius 1 is 0.762 bits per heavy atom. The second-order valence-corrected chi connectivity index (χ2v) is 20.2. The van der Waals surface area contributed by atoms with Crippen molar-refractivity contribution in [2.45, 2.75) is 65.5 Å². The molecule has 0 saturated heterocycles. The van der Waals surface area contributed by atoms with E-state index in [1.54, 1.807) is 5.56 Å². The molecule has 0 aliphatic heterocycles. The number of unbranched alkanes of at least 4 members (excludes halogenated alkanes) is 3. The number of rotatable bonds is 11. The zero-order valence-corrected chi connectivity index (χ0v) is 17.3. The van der Waals surface area contributed by atoms with Crippen LogP contribution in [0.25, 0.3) is 0 Å². The van der Waals surface area contributed by atoms with Crippen LogP contribution in [0.2, 0.25) is 0 Å². The maximum absolute atomic E-state index is 3.01. The molecule has 1 aromatic carbocycles. The van der Waals surface area contributed by atoms with Gasteiger partial charge in [0, 0.05) is 0 Å². The number of halogens is 1. The molecule has 0 radical (unpaired) electrons. The van der Waals surface area contributed by atoms with Crippen molar-refractivity contribution in [1.29, 1.82) is 0 Å². The van der Waals surface area contributed by atoms with E-state index >= 15 is 0 Å². The molecule has 0 fully saturated rings. The molecule has 0 aliphatic rings. The normalized spacial score (nSPS) is 13.8. The summed E-state index contributed by atoms with van der Waals surface area (Å²) < 4.78 is -1.62. The monoisotopic (exact) mass is 420 g/mol. The van der Waals surface area contributed by atoms with Crippen LogP contribution in [0.15, 0.2) is 30.3 Å². The number of hydrogen-bond acceptors (Lipinski definition) is 0. The van der Waals surface area contributed by atoms with Crippen LogP contribution in [-0.4, -0.2) is 18.5 Å². The zero-order valence-electron chi connectivity index (χ0n) is 14.3. The van der Waals surface area contributed by atoms with Gasteiger partial charge in [0.1, 0.15) is 0 Å². The van der Waals surface area contributed by atoms with Crippen LogP contribution < -0.4 is 0 Å². The topological polar surface area (TPSA) is 0 Å². The Kier molecular flexibility index (Phi) is 8.79. The standard InChI is InChI=1S/C19H34IP/c1-4-7-15-21(20,16-8-5-2,17-9-6-3)18-19-13-11-10-12-14-19/h10-14H,4-9,15-18H2,1-3H3. The fourth-order valence-electron chi connectivity index (χ4n) is 3.27. The summed E-state index contributed by atoms with van der Waals surface area (Å²) in [5.41, 5.74) is 1.58. The van der Waals surface area contributed by atoms with Crippen LogP contribution in [0.4, 0.5) is 0 Å². The van der Waals surface area contributed by atoms with Gasteiger partial charge >= 0.3 is 146 Å². The molecular formula is C19H34IP. The van der Waals surface area contributed by atoms with E-state index in [1.165, 1.54) is 63.2 Å². The summed E-state index contributed by atoms with van der Waals surface area (Å²) in [4.78, 5) is 0. The van der Waals surface area contributed by atoms with E-state index in [0.717, 1.165) is 0 Å². The Bertz CT molecular complexity index is 363. The summed E-state index contributed by atoms with van der Waals surface area (Å²) in [7, 11) is 0. The van der Waals surface area contributed by atoms with E-state index in [2.05, 4.69) is 73.1 Å². The molecule has 2 heteroatoms. The Morgan fingerprint density at radius 3 is 1.57 bits per heavy atom. The van der Waals surface area contributed by atoms with E-state index in [0.29, 0.717) is 0 Å². The Balaban J connectivity index is 3.01. The zero-order chi connectivity index (χ0) is 15.6. The van der Waals surface area contributed by atoms with Crippen molar-refractivity contribution >= 4 is 26.3 Å². The number of hydrogen-bond donors (Lipinski definition) is 0.